The van der Waals surface area contributed by atoms with Gasteiger partial charge in [0.05, 0.1) is 18.9 Å². The number of fused-ring (bicyclic) bond motifs is 2. The third-order valence-electron chi connectivity index (χ3n) is 3.83. The van der Waals surface area contributed by atoms with Gasteiger partial charge in [0.1, 0.15) is 11.6 Å². The molecule has 0 unspecified atom stereocenters. The molecule has 1 fully saturated rings. The Labute approximate surface area is 133 Å². The van der Waals surface area contributed by atoms with Crippen LogP contribution >= 0.6 is 11.8 Å². The van der Waals surface area contributed by atoms with E-state index in [-0.39, 0.29) is 5.75 Å². The highest BCUT2D eigenvalue weighted by molar-refractivity contribution is 7.99. The van der Waals surface area contributed by atoms with Gasteiger partial charge in [0, 0.05) is 28.4 Å². The number of benzene rings is 2. The first-order valence-corrected chi connectivity index (χ1v) is 8.14. The molecule has 4 rings (SSSR count). The summed E-state index contributed by atoms with van der Waals surface area (Å²) < 4.78 is 5.46. The highest BCUT2D eigenvalue weighted by Crippen LogP contribution is 2.42. The van der Waals surface area contributed by atoms with Crippen molar-refractivity contribution in [3.05, 3.63) is 48.0 Å². The molecule has 1 N–H and O–H groups in total. The van der Waals surface area contributed by atoms with Gasteiger partial charge in [-0.15, -0.1) is 0 Å². The van der Waals surface area contributed by atoms with Crippen molar-refractivity contribution in [2.45, 2.75) is 9.79 Å². The van der Waals surface area contributed by atoms with Gasteiger partial charge in [0.15, 0.2) is 0 Å². The number of phenolic OH excluding ortho intramolecular Hbond substituents is 1. The van der Waals surface area contributed by atoms with E-state index >= 15 is 0 Å². The number of hydrogen-bond donors (Lipinski definition) is 1. The van der Waals surface area contributed by atoms with Crippen LogP contribution in [0.4, 0.5) is 5.69 Å². The Morgan fingerprint density at radius 2 is 1.86 bits per heavy atom. The molecule has 0 amide bonds. The Morgan fingerprint density at radius 1 is 1.05 bits per heavy atom. The number of morpholine rings is 1. The van der Waals surface area contributed by atoms with Gasteiger partial charge in [-0.3, -0.25) is 0 Å². The van der Waals surface area contributed by atoms with Gasteiger partial charge in [-0.05, 0) is 24.3 Å². The Balaban J connectivity index is 1.87. The van der Waals surface area contributed by atoms with Crippen molar-refractivity contribution in [3.8, 4) is 5.75 Å². The molecule has 0 aromatic heterocycles. The predicted octanol–water partition coefficient (Wildman–Crippen LogP) is 3.27. The quantitative estimate of drug-likeness (QED) is 0.811. The molecule has 0 radical (unpaired) electrons. The molecule has 2 aromatic rings. The Bertz CT molecular complexity index is 739. The van der Waals surface area contributed by atoms with Gasteiger partial charge in [-0.2, -0.15) is 0 Å². The first kappa shape index (κ1) is 13.7. The van der Waals surface area contributed by atoms with Crippen LogP contribution in [0.25, 0.3) is 0 Å². The van der Waals surface area contributed by atoms with Crippen LogP contribution in [0.5, 0.6) is 5.75 Å². The van der Waals surface area contributed by atoms with Gasteiger partial charge in [-0.25, -0.2) is 4.99 Å². The maximum absolute atomic E-state index is 9.75. The number of rotatable bonds is 0. The van der Waals surface area contributed by atoms with Crippen LogP contribution in [0.1, 0.15) is 5.56 Å². The summed E-state index contributed by atoms with van der Waals surface area (Å²) in [6.45, 7) is 3.17. The van der Waals surface area contributed by atoms with Crippen molar-refractivity contribution in [2.75, 3.05) is 26.3 Å². The molecule has 0 spiro atoms. The fourth-order valence-electron chi connectivity index (χ4n) is 2.73. The summed E-state index contributed by atoms with van der Waals surface area (Å²) in [5.41, 5.74) is 2.05. The standard InChI is InChI=1S/C17H16N2O2S/c20-12-5-6-14-16(11-12)22-15-4-2-1-3-13(15)17(18-14)19-7-9-21-10-8-19/h1-6,11,20H,7-10H2. The van der Waals surface area contributed by atoms with E-state index in [1.165, 1.54) is 0 Å². The van der Waals surface area contributed by atoms with E-state index in [4.69, 9.17) is 9.73 Å². The van der Waals surface area contributed by atoms with Crippen LogP contribution < -0.4 is 0 Å². The van der Waals surface area contributed by atoms with Gasteiger partial charge >= 0.3 is 0 Å². The molecule has 2 aliphatic heterocycles. The molecular weight excluding hydrogens is 296 g/mol. The maximum Gasteiger partial charge on any atom is 0.137 e. The lowest BCUT2D eigenvalue weighted by Gasteiger charge is -2.30. The Morgan fingerprint density at radius 3 is 2.73 bits per heavy atom. The molecule has 112 valence electrons. The Hall–Kier alpha value is -1.98. The van der Waals surface area contributed by atoms with Gasteiger partial charge < -0.3 is 14.7 Å². The Kier molecular flexibility index (Phi) is 3.52. The average molecular weight is 312 g/mol. The minimum absolute atomic E-state index is 0.272. The fraction of sp³-hybridized carbons (Fsp3) is 0.235. The molecule has 2 heterocycles. The van der Waals surface area contributed by atoms with Crippen molar-refractivity contribution in [1.82, 2.24) is 4.90 Å². The van der Waals surface area contributed by atoms with Crippen LogP contribution in [0.2, 0.25) is 0 Å². The highest BCUT2D eigenvalue weighted by Gasteiger charge is 2.23. The predicted molar refractivity (Wildman–Crippen MR) is 87.3 cm³/mol. The molecule has 5 heteroatoms. The molecule has 0 bridgehead atoms. The van der Waals surface area contributed by atoms with Gasteiger partial charge in [0.2, 0.25) is 0 Å². The van der Waals surface area contributed by atoms with E-state index in [0.717, 1.165) is 53.2 Å². The molecule has 0 saturated carbocycles. The van der Waals surface area contributed by atoms with E-state index in [9.17, 15) is 5.11 Å². The third kappa shape index (κ3) is 2.46. The molecule has 2 aliphatic rings. The summed E-state index contributed by atoms with van der Waals surface area (Å²) in [7, 11) is 0. The summed E-state index contributed by atoms with van der Waals surface area (Å²) in [5, 5.41) is 9.75. The van der Waals surface area contributed by atoms with E-state index < -0.39 is 0 Å². The van der Waals surface area contributed by atoms with Crippen LogP contribution in [-0.4, -0.2) is 42.1 Å². The zero-order chi connectivity index (χ0) is 14.9. The molecule has 4 nitrogen and oxygen atoms in total. The number of phenols is 1. The number of nitrogens with zero attached hydrogens (tertiary/aromatic N) is 2. The maximum atomic E-state index is 9.75. The van der Waals surface area contributed by atoms with Gasteiger partial charge in [-0.1, -0.05) is 30.0 Å². The first-order chi connectivity index (χ1) is 10.8. The minimum atomic E-state index is 0.272. The smallest absolute Gasteiger partial charge is 0.137 e. The van der Waals surface area contributed by atoms with Crippen molar-refractivity contribution < 1.29 is 9.84 Å². The summed E-state index contributed by atoms with van der Waals surface area (Å²) in [6.07, 6.45) is 0. The topological polar surface area (TPSA) is 45.1 Å². The lowest BCUT2D eigenvalue weighted by Crippen LogP contribution is -2.41. The summed E-state index contributed by atoms with van der Waals surface area (Å²) >= 11 is 1.65. The van der Waals surface area contributed by atoms with Crippen molar-refractivity contribution in [1.29, 1.82) is 0 Å². The second-order valence-corrected chi connectivity index (χ2v) is 6.37. The van der Waals surface area contributed by atoms with Crippen LogP contribution in [0.15, 0.2) is 57.2 Å². The molecular formula is C17H16N2O2S. The summed E-state index contributed by atoms with van der Waals surface area (Å²) in [6, 6.07) is 13.7. The van der Waals surface area contributed by atoms with Gasteiger partial charge in [0.25, 0.3) is 0 Å². The molecule has 2 aromatic carbocycles. The zero-order valence-corrected chi connectivity index (χ0v) is 12.8. The van der Waals surface area contributed by atoms with E-state index in [2.05, 4.69) is 17.0 Å². The number of aliphatic imine (C=N–C) groups is 1. The van der Waals surface area contributed by atoms with E-state index in [1.807, 2.05) is 18.2 Å². The number of hydrogen-bond acceptors (Lipinski definition) is 5. The first-order valence-electron chi connectivity index (χ1n) is 7.33. The third-order valence-corrected chi connectivity index (χ3v) is 4.95. The van der Waals surface area contributed by atoms with Crippen molar-refractivity contribution in [3.63, 3.8) is 0 Å². The second-order valence-electron chi connectivity index (χ2n) is 5.29. The molecule has 0 atom stereocenters. The van der Waals surface area contributed by atoms with Crippen molar-refractivity contribution in [2.24, 2.45) is 4.99 Å². The number of ether oxygens (including phenoxy) is 1. The average Bonchev–Trinajstić information content (AvgIpc) is 2.72. The number of aromatic hydroxyl groups is 1. The summed E-state index contributed by atoms with van der Waals surface area (Å²) in [4.78, 5) is 9.33. The largest absolute Gasteiger partial charge is 0.508 e. The van der Waals surface area contributed by atoms with E-state index in [0.29, 0.717) is 0 Å². The van der Waals surface area contributed by atoms with Crippen LogP contribution in [0, 0.1) is 0 Å². The minimum Gasteiger partial charge on any atom is -0.508 e. The molecule has 22 heavy (non-hydrogen) atoms. The van der Waals surface area contributed by atoms with E-state index in [1.54, 1.807) is 23.9 Å². The lowest BCUT2D eigenvalue weighted by atomic mass is 10.1. The SMILES string of the molecule is Oc1ccc2c(c1)Sc1ccccc1C(N1CCOCC1)=N2. The van der Waals surface area contributed by atoms with Crippen molar-refractivity contribution >= 4 is 23.3 Å². The van der Waals surface area contributed by atoms with Crippen LogP contribution in [-0.2, 0) is 4.74 Å². The monoisotopic (exact) mass is 312 g/mol. The molecule has 0 aliphatic carbocycles. The zero-order valence-electron chi connectivity index (χ0n) is 12.0. The lowest BCUT2D eigenvalue weighted by molar-refractivity contribution is 0.0682. The fourth-order valence-corrected chi connectivity index (χ4v) is 3.78. The molecule has 1 saturated heterocycles. The number of amidine groups is 1. The highest BCUT2D eigenvalue weighted by atomic mass is 32.2. The normalized spacial score (nSPS) is 17.3. The second kappa shape index (κ2) is 5.66. The van der Waals surface area contributed by atoms with Crippen LogP contribution in [0.3, 0.4) is 0 Å². The summed E-state index contributed by atoms with van der Waals surface area (Å²) in [5.74, 6) is 1.27.